The number of ether oxygens (including phenoxy) is 1. The fraction of sp³-hybridized carbons (Fsp3) is 0.632. The molecule has 1 aromatic rings. The van der Waals surface area contributed by atoms with E-state index in [9.17, 15) is 9.90 Å². The van der Waals surface area contributed by atoms with Crippen molar-refractivity contribution < 1.29 is 39.2 Å². The maximum absolute atomic E-state index is 10.8. The molecular formula is C19H30O4Zn. The molecular weight excluding hydrogens is 358 g/mol. The monoisotopic (exact) mass is 386 g/mol. The van der Waals surface area contributed by atoms with Gasteiger partial charge in [0.15, 0.2) is 0 Å². The number of carbonyl (C=O) groups is 1. The second-order valence-corrected chi connectivity index (χ2v) is 6.01. The van der Waals surface area contributed by atoms with Gasteiger partial charge in [-0.3, -0.25) is 0 Å². The third-order valence-electron chi connectivity index (χ3n) is 3.97. The van der Waals surface area contributed by atoms with E-state index < -0.39 is 5.97 Å². The van der Waals surface area contributed by atoms with Crippen LogP contribution in [0, 0.1) is 0 Å². The minimum atomic E-state index is -1.14. The van der Waals surface area contributed by atoms with Gasteiger partial charge in [-0.25, -0.2) is 4.79 Å². The molecule has 0 aliphatic carbocycles. The van der Waals surface area contributed by atoms with Gasteiger partial charge in [0.2, 0.25) is 0 Å². The molecule has 0 heterocycles. The number of unbranched alkanes of at least 4 members (excludes halogenated alkanes) is 9. The van der Waals surface area contributed by atoms with E-state index in [1.807, 2.05) is 0 Å². The zero-order chi connectivity index (χ0) is 16.9. The number of phenols is 1. The van der Waals surface area contributed by atoms with E-state index in [1.54, 1.807) is 6.07 Å². The minimum absolute atomic E-state index is 0. The van der Waals surface area contributed by atoms with Crippen LogP contribution in [0.3, 0.4) is 0 Å². The van der Waals surface area contributed by atoms with E-state index >= 15 is 0 Å². The number of aromatic carboxylic acids is 1. The molecule has 4 nitrogen and oxygen atoms in total. The van der Waals surface area contributed by atoms with E-state index in [1.165, 1.54) is 63.5 Å². The van der Waals surface area contributed by atoms with Gasteiger partial charge < -0.3 is 14.9 Å². The first-order valence-electron chi connectivity index (χ1n) is 8.84. The van der Waals surface area contributed by atoms with Crippen molar-refractivity contribution in [3.8, 4) is 11.5 Å². The smallest absolute Gasteiger partial charge is 0.339 e. The maximum atomic E-state index is 10.8. The number of carboxylic acids is 1. The summed E-state index contributed by atoms with van der Waals surface area (Å²) in [4.78, 5) is 10.8. The molecule has 0 saturated heterocycles. The quantitative estimate of drug-likeness (QED) is 0.352. The number of carboxylic acid groups (broad SMARTS) is 1. The van der Waals surface area contributed by atoms with Crippen LogP contribution in [0.15, 0.2) is 18.2 Å². The summed E-state index contributed by atoms with van der Waals surface area (Å²) in [5, 5.41) is 18.4. The molecule has 132 valence electrons. The molecule has 0 unspecified atom stereocenters. The Morgan fingerprint density at radius 1 is 0.958 bits per heavy atom. The molecule has 0 bridgehead atoms. The predicted octanol–water partition coefficient (Wildman–Crippen LogP) is 5.39. The van der Waals surface area contributed by atoms with Crippen molar-refractivity contribution in [1.29, 1.82) is 0 Å². The van der Waals surface area contributed by atoms with Gasteiger partial charge in [-0.2, -0.15) is 0 Å². The molecule has 0 aromatic heterocycles. The van der Waals surface area contributed by atoms with E-state index in [0.29, 0.717) is 12.4 Å². The summed E-state index contributed by atoms with van der Waals surface area (Å²) in [7, 11) is 0. The molecule has 0 amide bonds. The number of rotatable bonds is 13. The van der Waals surface area contributed by atoms with Crippen LogP contribution in [0.25, 0.3) is 0 Å². The Balaban J connectivity index is 0.00000529. The van der Waals surface area contributed by atoms with Crippen molar-refractivity contribution in [2.45, 2.75) is 71.1 Å². The molecule has 5 heteroatoms. The van der Waals surface area contributed by atoms with Gasteiger partial charge in [0.05, 0.1) is 6.61 Å². The molecule has 0 fully saturated rings. The second kappa shape index (κ2) is 14.3. The van der Waals surface area contributed by atoms with Crippen LogP contribution >= 0.6 is 0 Å². The number of benzene rings is 1. The first kappa shape index (κ1) is 22.9. The fourth-order valence-corrected chi connectivity index (χ4v) is 2.56. The maximum Gasteiger partial charge on any atom is 0.339 e. The summed E-state index contributed by atoms with van der Waals surface area (Å²) in [6, 6.07) is 4.31. The van der Waals surface area contributed by atoms with E-state index in [4.69, 9.17) is 9.84 Å². The van der Waals surface area contributed by atoms with Gasteiger partial charge in [0.25, 0.3) is 0 Å². The summed E-state index contributed by atoms with van der Waals surface area (Å²) >= 11 is 0. The van der Waals surface area contributed by atoms with Gasteiger partial charge in [-0.15, -0.1) is 0 Å². The second-order valence-electron chi connectivity index (χ2n) is 6.01. The summed E-state index contributed by atoms with van der Waals surface area (Å²) < 4.78 is 5.54. The first-order valence-corrected chi connectivity index (χ1v) is 8.84. The number of hydrogen-bond acceptors (Lipinski definition) is 3. The zero-order valence-electron chi connectivity index (χ0n) is 14.9. The zero-order valence-corrected chi connectivity index (χ0v) is 17.9. The first-order chi connectivity index (χ1) is 11.1. The average Bonchev–Trinajstić information content (AvgIpc) is 2.52. The Morgan fingerprint density at radius 2 is 1.50 bits per heavy atom. The third kappa shape index (κ3) is 9.92. The SMILES string of the molecule is CCCCCCCCCCCCOc1ccc(C(=O)O)c(O)c1.[Zn]. The Labute approximate surface area is 158 Å². The van der Waals surface area contributed by atoms with Crippen LogP contribution in [0.4, 0.5) is 0 Å². The summed E-state index contributed by atoms with van der Waals surface area (Å²) in [6.45, 7) is 2.84. The fourth-order valence-electron chi connectivity index (χ4n) is 2.56. The molecule has 0 spiro atoms. The standard InChI is InChI=1S/C19H30O4.Zn/c1-2-3-4-5-6-7-8-9-10-11-14-23-16-12-13-17(19(21)22)18(20)15-16;/h12-13,15,20H,2-11,14H2,1H3,(H,21,22);. The Hall–Kier alpha value is -1.09. The molecule has 0 aliphatic rings. The summed E-state index contributed by atoms with van der Waals surface area (Å²) in [5.41, 5.74) is -0.101. The summed E-state index contributed by atoms with van der Waals surface area (Å²) in [6.07, 6.45) is 12.7. The predicted molar refractivity (Wildman–Crippen MR) is 92.4 cm³/mol. The molecule has 24 heavy (non-hydrogen) atoms. The van der Waals surface area contributed by atoms with Gasteiger partial charge in [0.1, 0.15) is 17.1 Å². The number of hydrogen-bond donors (Lipinski definition) is 2. The Kier molecular flexibility index (Phi) is 13.6. The average molecular weight is 388 g/mol. The molecule has 0 aliphatic heterocycles. The number of aromatic hydroxyl groups is 1. The third-order valence-corrected chi connectivity index (χ3v) is 3.97. The topological polar surface area (TPSA) is 66.8 Å². The van der Waals surface area contributed by atoms with Crippen molar-refractivity contribution in [2.75, 3.05) is 6.61 Å². The van der Waals surface area contributed by atoms with Gasteiger partial charge in [-0.1, -0.05) is 64.7 Å². The molecule has 1 aromatic carbocycles. The minimum Gasteiger partial charge on any atom is -0.507 e. The van der Waals surface area contributed by atoms with Gasteiger partial charge in [-0.05, 0) is 18.6 Å². The molecule has 1 rings (SSSR count). The molecule has 2 N–H and O–H groups in total. The normalized spacial score (nSPS) is 10.2. The Bertz CT molecular complexity index is 463. The van der Waals surface area contributed by atoms with Gasteiger partial charge >= 0.3 is 5.97 Å². The Morgan fingerprint density at radius 3 is 2.00 bits per heavy atom. The van der Waals surface area contributed by atoms with Crippen molar-refractivity contribution in [1.82, 2.24) is 0 Å². The van der Waals surface area contributed by atoms with E-state index in [-0.39, 0.29) is 30.8 Å². The van der Waals surface area contributed by atoms with Crippen LogP contribution in [0.2, 0.25) is 0 Å². The van der Waals surface area contributed by atoms with E-state index in [2.05, 4.69) is 6.92 Å². The molecule has 0 saturated carbocycles. The van der Waals surface area contributed by atoms with Crippen LogP contribution in [-0.4, -0.2) is 22.8 Å². The van der Waals surface area contributed by atoms with Crippen molar-refractivity contribution in [3.63, 3.8) is 0 Å². The van der Waals surface area contributed by atoms with Crippen molar-refractivity contribution in [3.05, 3.63) is 23.8 Å². The molecule has 0 atom stereocenters. The molecule has 0 radical (unpaired) electrons. The van der Waals surface area contributed by atoms with Crippen LogP contribution in [0.1, 0.15) is 81.5 Å². The van der Waals surface area contributed by atoms with Gasteiger partial charge in [0, 0.05) is 25.5 Å². The van der Waals surface area contributed by atoms with Crippen molar-refractivity contribution in [2.24, 2.45) is 0 Å². The van der Waals surface area contributed by atoms with Crippen LogP contribution in [-0.2, 0) is 19.5 Å². The van der Waals surface area contributed by atoms with E-state index in [0.717, 1.165) is 12.8 Å². The van der Waals surface area contributed by atoms with Crippen LogP contribution in [0.5, 0.6) is 11.5 Å². The summed E-state index contributed by atoms with van der Waals surface area (Å²) in [5.74, 6) is -0.870. The largest absolute Gasteiger partial charge is 0.507 e. The van der Waals surface area contributed by atoms with Crippen LogP contribution < -0.4 is 4.74 Å². The van der Waals surface area contributed by atoms with Crippen molar-refractivity contribution >= 4 is 5.97 Å².